The Balaban J connectivity index is 0.00000364. The number of piperidine rings is 1. The molecule has 152 valence electrons. The van der Waals surface area contributed by atoms with Gasteiger partial charge in [0.05, 0.1) is 13.2 Å². The van der Waals surface area contributed by atoms with E-state index >= 15 is 0 Å². The maximum atomic E-state index is 13.1. The van der Waals surface area contributed by atoms with Crippen molar-refractivity contribution in [1.29, 1.82) is 0 Å². The molecule has 1 heterocycles. The second-order valence-corrected chi connectivity index (χ2v) is 7.20. The molecule has 0 spiro atoms. The van der Waals surface area contributed by atoms with Crippen molar-refractivity contribution in [3.8, 4) is 0 Å². The number of amides is 1. The Kier molecular flexibility index (Phi) is 9.28. The third kappa shape index (κ3) is 7.15. The summed E-state index contributed by atoms with van der Waals surface area (Å²) in [6, 6.07) is 6.66. The van der Waals surface area contributed by atoms with E-state index in [0.717, 1.165) is 18.4 Å². The van der Waals surface area contributed by atoms with Crippen LogP contribution in [0.3, 0.4) is 0 Å². The molecule has 1 aromatic rings. The minimum atomic E-state index is -0.256. The summed E-state index contributed by atoms with van der Waals surface area (Å²) in [6.07, 6.45) is 1.35. The van der Waals surface area contributed by atoms with Crippen LogP contribution in [0.25, 0.3) is 0 Å². The van der Waals surface area contributed by atoms with Gasteiger partial charge >= 0.3 is 6.09 Å². The van der Waals surface area contributed by atoms with Gasteiger partial charge in [0, 0.05) is 24.5 Å². The van der Waals surface area contributed by atoms with Crippen molar-refractivity contribution in [2.45, 2.75) is 45.1 Å². The second kappa shape index (κ2) is 10.7. The normalized spacial score (nSPS) is 15.9. The standard InChI is InChI=1S/C19H29FN4O2.HI/c1-4-26-18(25)24-11-9-16(10-12-24)23-17(21)22-13-19(2,3)14-5-7-15(20)8-6-14;/h5-8,16H,4,9-13H2,1-3H3,(H3,21,22,23);1H. The third-order valence-electron chi connectivity index (χ3n) is 4.64. The SMILES string of the molecule is CCOC(=O)N1CCC(NC(N)=NCC(C)(C)c2ccc(F)cc2)CC1.I. The molecule has 1 amide bonds. The lowest BCUT2D eigenvalue weighted by atomic mass is 9.85. The van der Waals surface area contributed by atoms with Crippen LogP contribution < -0.4 is 11.1 Å². The summed E-state index contributed by atoms with van der Waals surface area (Å²) in [7, 11) is 0. The Morgan fingerprint density at radius 2 is 1.93 bits per heavy atom. The van der Waals surface area contributed by atoms with Crippen LogP contribution in [-0.2, 0) is 10.2 Å². The fraction of sp³-hybridized carbons (Fsp3) is 0.579. The first-order valence-corrected chi connectivity index (χ1v) is 9.06. The van der Waals surface area contributed by atoms with Gasteiger partial charge in [0.1, 0.15) is 5.82 Å². The first kappa shape index (κ1) is 23.5. The van der Waals surface area contributed by atoms with Crippen molar-refractivity contribution in [3.05, 3.63) is 35.6 Å². The average Bonchev–Trinajstić information content (AvgIpc) is 2.61. The van der Waals surface area contributed by atoms with Crippen molar-refractivity contribution in [2.75, 3.05) is 26.2 Å². The number of nitrogens with one attached hydrogen (secondary N) is 1. The molecule has 27 heavy (non-hydrogen) atoms. The van der Waals surface area contributed by atoms with Gasteiger partial charge in [-0.3, -0.25) is 4.99 Å². The number of hydrogen-bond donors (Lipinski definition) is 2. The zero-order valence-electron chi connectivity index (χ0n) is 16.2. The Bertz CT molecular complexity index is 629. The minimum absolute atomic E-state index is 0. The molecule has 0 saturated carbocycles. The molecule has 0 radical (unpaired) electrons. The van der Waals surface area contributed by atoms with Crippen LogP contribution in [-0.4, -0.2) is 49.2 Å². The fourth-order valence-electron chi connectivity index (χ4n) is 2.95. The molecule has 1 aromatic carbocycles. The maximum absolute atomic E-state index is 13.1. The van der Waals surface area contributed by atoms with Crippen LogP contribution in [0.5, 0.6) is 0 Å². The molecular formula is C19H30FIN4O2. The first-order valence-electron chi connectivity index (χ1n) is 9.06. The molecular weight excluding hydrogens is 462 g/mol. The minimum Gasteiger partial charge on any atom is -0.450 e. The monoisotopic (exact) mass is 492 g/mol. The van der Waals surface area contributed by atoms with Gasteiger partial charge in [-0.2, -0.15) is 0 Å². The number of halogens is 2. The summed E-state index contributed by atoms with van der Waals surface area (Å²) in [5.74, 6) is 0.151. The van der Waals surface area contributed by atoms with E-state index in [0.29, 0.717) is 32.2 Å². The van der Waals surface area contributed by atoms with Gasteiger partial charge in [-0.25, -0.2) is 9.18 Å². The fourth-order valence-corrected chi connectivity index (χ4v) is 2.95. The highest BCUT2D eigenvalue weighted by atomic mass is 127. The van der Waals surface area contributed by atoms with E-state index in [1.807, 2.05) is 0 Å². The molecule has 0 bridgehead atoms. The number of carbonyl (C=O) groups is 1. The summed E-state index contributed by atoms with van der Waals surface area (Å²) in [5, 5.41) is 3.23. The number of benzene rings is 1. The smallest absolute Gasteiger partial charge is 0.409 e. The molecule has 0 unspecified atom stereocenters. The van der Waals surface area contributed by atoms with E-state index in [9.17, 15) is 9.18 Å². The molecule has 1 aliphatic rings. The number of hydrogen-bond acceptors (Lipinski definition) is 3. The van der Waals surface area contributed by atoms with Gasteiger partial charge in [-0.1, -0.05) is 26.0 Å². The largest absolute Gasteiger partial charge is 0.450 e. The maximum Gasteiger partial charge on any atom is 0.409 e. The number of nitrogens with zero attached hydrogens (tertiary/aromatic N) is 2. The van der Waals surface area contributed by atoms with Gasteiger partial charge in [-0.05, 0) is 37.5 Å². The highest BCUT2D eigenvalue weighted by Crippen LogP contribution is 2.23. The zero-order valence-corrected chi connectivity index (χ0v) is 18.5. The summed E-state index contributed by atoms with van der Waals surface area (Å²) >= 11 is 0. The van der Waals surface area contributed by atoms with Gasteiger partial charge in [0.25, 0.3) is 0 Å². The summed E-state index contributed by atoms with van der Waals surface area (Å²) in [4.78, 5) is 17.9. The summed E-state index contributed by atoms with van der Waals surface area (Å²) in [6.45, 7) is 8.08. The van der Waals surface area contributed by atoms with Crippen LogP contribution in [0.2, 0.25) is 0 Å². The molecule has 3 N–H and O–H groups in total. The lowest BCUT2D eigenvalue weighted by molar-refractivity contribution is 0.0963. The van der Waals surface area contributed by atoms with E-state index in [1.165, 1.54) is 12.1 Å². The van der Waals surface area contributed by atoms with E-state index in [2.05, 4.69) is 24.2 Å². The molecule has 1 saturated heterocycles. The molecule has 0 atom stereocenters. The lowest BCUT2D eigenvalue weighted by Gasteiger charge is -2.32. The molecule has 1 aliphatic heterocycles. The topological polar surface area (TPSA) is 80.0 Å². The van der Waals surface area contributed by atoms with E-state index < -0.39 is 0 Å². The zero-order chi connectivity index (χ0) is 19.2. The van der Waals surface area contributed by atoms with Gasteiger partial charge < -0.3 is 20.7 Å². The molecule has 6 nitrogen and oxygen atoms in total. The Morgan fingerprint density at radius 3 is 2.48 bits per heavy atom. The highest BCUT2D eigenvalue weighted by molar-refractivity contribution is 14.0. The Labute approximate surface area is 177 Å². The second-order valence-electron chi connectivity index (χ2n) is 7.20. The number of nitrogens with two attached hydrogens (primary N) is 1. The number of rotatable bonds is 5. The van der Waals surface area contributed by atoms with Crippen LogP contribution in [0.1, 0.15) is 39.2 Å². The summed E-state index contributed by atoms with van der Waals surface area (Å²) < 4.78 is 18.1. The quantitative estimate of drug-likeness (QED) is 0.376. The van der Waals surface area contributed by atoms with Crippen LogP contribution in [0, 0.1) is 5.82 Å². The number of ether oxygens (including phenoxy) is 1. The van der Waals surface area contributed by atoms with Crippen molar-refractivity contribution < 1.29 is 13.9 Å². The van der Waals surface area contributed by atoms with Crippen molar-refractivity contribution in [1.82, 2.24) is 10.2 Å². The van der Waals surface area contributed by atoms with Crippen molar-refractivity contribution in [2.24, 2.45) is 10.7 Å². The van der Waals surface area contributed by atoms with Gasteiger partial charge in [0.2, 0.25) is 0 Å². The molecule has 2 rings (SSSR count). The van der Waals surface area contributed by atoms with Gasteiger partial charge in [-0.15, -0.1) is 24.0 Å². The number of carbonyl (C=O) groups excluding carboxylic acids is 1. The molecule has 8 heteroatoms. The average molecular weight is 492 g/mol. The van der Waals surface area contributed by atoms with Gasteiger partial charge in [0.15, 0.2) is 5.96 Å². The first-order chi connectivity index (χ1) is 12.3. The number of aliphatic imine (C=N–C) groups is 1. The van der Waals surface area contributed by atoms with Crippen molar-refractivity contribution >= 4 is 36.0 Å². The molecule has 0 aliphatic carbocycles. The third-order valence-corrected chi connectivity index (χ3v) is 4.64. The predicted octanol–water partition coefficient (Wildman–Crippen LogP) is 3.25. The van der Waals surface area contributed by atoms with Crippen molar-refractivity contribution in [3.63, 3.8) is 0 Å². The van der Waals surface area contributed by atoms with Crippen LogP contribution >= 0.6 is 24.0 Å². The Hall–Kier alpha value is -1.58. The Morgan fingerprint density at radius 1 is 1.33 bits per heavy atom. The number of guanidine groups is 1. The van der Waals surface area contributed by atoms with E-state index in [1.54, 1.807) is 24.0 Å². The summed E-state index contributed by atoms with van der Waals surface area (Å²) in [5.41, 5.74) is 6.80. The van der Waals surface area contributed by atoms with Crippen LogP contribution in [0.15, 0.2) is 29.3 Å². The van der Waals surface area contributed by atoms with E-state index in [-0.39, 0.29) is 47.3 Å². The molecule has 0 aromatic heterocycles. The van der Waals surface area contributed by atoms with Crippen LogP contribution in [0.4, 0.5) is 9.18 Å². The number of likely N-dealkylation sites (tertiary alicyclic amines) is 1. The van der Waals surface area contributed by atoms with E-state index in [4.69, 9.17) is 10.5 Å². The highest BCUT2D eigenvalue weighted by Gasteiger charge is 2.24. The predicted molar refractivity (Wildman–Crippen MR) is 116 cm³/mol. The molecule has 1 fully saturated rings. The lowest BCUT2D eigenvalue weighted by Crippen LogP contribution is -2.48.